The van der Waals surface area contributed by atoms with Crippen LogP contribution in [-0.4, -0.2) is 30.1 Å². The fourth-order valence-electron chi connectivity index (χ4n) is 3.29. The van der Waals surface area contributed by atoms with Gasteiger partial charge in [-0.05, 0) is 37.1 Å². The molecular weight excluding hydrogens is 368 g/mol. The molecule has 0 unspecified atom stereocenters. The quantitative estimate of drug-likeness (QED) is 0.466. The Morgan fingerprint density at radius 3 is 2.79 bits per heavy atom. The van der Waals surface area contributed by atoms with Crippen molar-refractivity contribution >= 4 is 22.5 Å². The highest BCUT2D eigenvalue weighted by molar-refractivity contribution is 5.77. The molecule has 0 spiro atoms. The number of hydrogen-bond donors (Lipinski definition) is 1. The van der Waals surface area contributed by atoms with Gasteiger partial charge in [0.15, 0.2) is 11.5 Å². The third-order valence-corrected chi connectivity index (χ3v) is 4.86. The molecule has 0 saturated carbocycles. The van der Waals surface area contributed by atoms with Crippen molar-refractivity contribution in [2.45, 2.75) is 38.8 Å². The van der Waals surface area contributed by atoms with Crippen LogP contribution in [0.2, 0.25) is 0 Å². The van der Waals surface area contributed by atoms with Gasteiger partial charge in [-0.1, -0.05) is 24.6 Å². The lowest BCUT2D eigenvalue weighted by Crippen LogP contribution is -2.23. The van der Waals surface area contributed by atoms with Crippen LogP contribution in [0.25, 0.3) is 16.6 Å². The van der Waals surface area contributed by atoms with Crippen LogP contribution in [-0.2, 0) is 17.9 Å². The lowest BCUT2D eigenvalue weighted by Gasteiger charge is -2.07. The zero-order valence-electron chi connectivity index (χ0n) is 16.0. The Balaban J connectivity index is 1.20. The average molecular weight is 390 g/mol. The van der Waals surface area contributed by atoms with Crippen LogP contribution in [0.3, 0.4) is 0 Å². The Hall–Kier alpha value is -3.55. The van der Waals surface area contributed by atoms with Crippen LogP contribution in [0.4, 0.5) is 0 Å². The van der Waals surface area contributed by atoms with Crippen molar-refractivity contribution in [1.82, 2.24) is 29.5 Å². The Morgan fingerprint density at radius 2 is 1.86 bits per heavy atom. The molecule has 0 aliphatic rings. The Bertz CT molecular complexity index is 1200. The number of carbonyl (C=O) groups is 1. The van der Waals surface area contributed by atoms with Crippen molar-refractivity contribution < 1.29 is 4.79 Å². The summed E-state index contributed by atoms with van der Waals surface area (Å²) in [7, 11) is 0. The number of carbonyl (C=O) groups excluding carboxylic acids is 1. The molecule has 0 fully saturated rings. The average Bonchev–Trinajstić information content (AvgIpc) is 3.17. The number of nitrogens with zero attached hydrogens (tertiary/aromatic N) is 5. The van der Waals surface area contributed by atoms with E-state index in [4.69, 9.17) is 0 Å². The second kappa shape index (κ2) is 8.64. The van der Waals surface area contributed by atoms with Gasteiger partial charge in [0.05, 0.1) is 23.8 Å². The third kappa shape index (κ3) is 4.31. The van der Waals surface area contributed by atoms with Crippen LogP contribution in [0.1, 0.15) is 31.5 Å². The molecule has 0 aliphatic carbocycles. The number of fused-ring (bicyclic) bond motifs is 2. The van der Waals surface area contributed by atoms with Crippen LogP contribution in [0.5, 0.6) is 0 Å². The molecule has 0 aliphatic heterocycles. The third-order valence-electron chi connectivity index (χ3n) is 4.86. The fraction of sp³-hybridized carbons (Fsp3) is 0.286. The van der Waals surface area contributed by atoms with Gasteiger partial charge in [-0.25, -0.2) is 4.98 Å². The normalized spacial score (nSPS) is 11.2. The topological polar surface area (TPSA) is 94.2 Å². The number of hydrogen-bond acceptors (Lipinski definition) is 5. The van der Waals surface area contributed by atoms with Gasteiger partial charge in [0.2, 0.25) is 5.91 Å². The first-order valence-electron chi connectivity index (χ1n) is 9.72. The first-order valence-corrected chi connectivity index (χ1v) is 9.72. The molecule has 3 heterocycles. The number of aryl methyl sites for hydroxylation is 1. The van der Waals surface area contributed by atoms with E-state index in [2.05, 4.69) is 20.5 Å². The number of para-hydroxylation sites is 1. The second-order valence-corrected chi connectivity index (χ2v) is 6.89. The first kappa shape index (κ1) is 18.8. The van der Waals surface area contributed by atoms with Crippen LogP contribution in [0, 0.1) is 0 Å². The molecule has 0 radical (unpaired) electrons. The summed E-state index contributed by atoms with van der Waals surface area (Å²) in [6, 6.07) is 13.0. The highest BCUT2D eigenvalue weighted by atomic mass is 16.1. The summed E-state index contributed by atoms with van der Waals surface area (Å²) in [4.78, 5) is 28.8. The molecule has 4 aromatic rings. The summed E-state index contributed by atoms with van der Waals surface area (Å²) in [5.41, 5.74) is 1.45. The number of aromatic nitrogens is 5. The lowest BCUT2D eigenvalue weighted by atomic mass is 10.2. The Labute approximate surface area is 167 Å². The van der Waals surface area contributed by atoms with Crippen LogP contribution >= 0.6 is 0 Å². The number of pyridine rings is 1. The van der Waals surface area contributed by atoms with Gasteiger partial charge in [0, 0.05) is 19.2 Å². The van der Waals surface area contributed by atoms with E-state index >= 15 is 0 Å². The molecule has 0 bridgehead atoms. The minimum Gasteiger partial charge on any atom is -0.349 e. The molecule has 4 rings (SSSR count). The van der Waals surface area contributed by atoms with Gasteiger partial charge in [0.25, 0.3) is 5.56 Å². The lowest BCUT2D eigenvalue weighted by molar-refractivity contribution is -0.121. The smallest absolute Gasteiger partial charge is 0.261 e. The van der Waals surface area contributed by atoms with Gasteiger partial charge in [-0.2, -0.15) is 0 Å². The van der Waals surface area contributed by atoms with Gasteiger partial charge in [-0.15, -0.1) is 10.2 Å². The second-order valence-electron chi connectivity index (χ2n) is 6.89. The summed E-state index contributed by atoms with van der Waals surface area (Å²) < 4.78 is 3.49. The minimum absolute atomic E-state index is 0.0118. The number of nitrogens with one attached hydrogen (secondary N) is 1. The van der Waals surface area contributed by atoms with Crippen molar-refractivity contribution in [1.29, 1.82) is 0 Å². The molecule has 8 nitrogen and oxygen atoms in total. The Morgan fingerprint density at radius 1 is 1.00 bits per heavy atom. The standard InChI is InChI=1S/C21H22N6O2/c28-20(22-14-19-25-24-18-10-5-7-13-27(18)19)11-2-1-6-12-26-15-23-17-9-4-3-8-16(17)21(26)29/h3-5,7-10,13,15H,1-2,6,11-12,14H2,(H,22,28). The highest BCUT2D eigenvalue weighted by Crippen LogP contribution is 2.07. The molecular formula is C21H22N6O2. The largest absolute Gasteiger partial charge is 0.349 e. The molecule has 1 N–H and O–H groups in total. The van der Waals surface area contributed by atoms with E-state index in [0.717, 1.165) is 24.9 Å². The summed E-state index contributed by atoms with van der Waals surface area (Å²) in [5.74, 6) is 0.694. The van der Waals surface area contributed by atoms with Crippen molar-refractivity contribution in [3.8, 4) is 0 Å². The predicted octanol–water partition coefficient (Wildman–Crippen LogP) is 2.32. The highest BCUT2D eigenvalue weighted by Gasteiger charge is 2.07. The SMILES string of the molecule is O=C(CCCCCn1cnc2ccccc2c1=O)NCc1nnc2ccccn12. The van der Waals surface area contributed by atoms with Gasteiger partial charge >= 0.3 is 0 Å². The van der Waals surface area contributed by atoms with E-state index in [1.54, 1.807) is 17.0 Å². The van der Waals surface area contributed by atoms with E-state index in [0.29, 0.717) is 36.2 Å². The molecule has 0 atom stereocenters. The van der Waals surface area contributed by atoms with Crippen LogP contribution in [0.15, 0.2) is 59.8 Å². The maximum Gasteiger partial charge on any atom is 0.261 e. The Kier molecular flexibility index (Phi) is 5.60. The molecule has 29 heavy (non-hydrogen) atoms. The van der Waals surface area contributed by atoms with Gasteiger partial charge in [0.1, 0.15) is 0 Å². The molecule has 1 aromatic carbocycles. The maximum atomic E-state index is 12.4. The summed E-state index contributed by atoms with van der Waals surface area (Å²) in [5, 5.41) is 11.7. The number of amides is 1. The molecule has 8 heteroatoms. The maximum absolute atomic E-state index is 12.4. The van der Waals surface area contributed by atoms with Crippen molar-refractivity contribution in [2.24, 2.45) is 0 Å². The van der Waals surface area contributed by atoms with E-state index in [9.17, 15) is 9.59 Å². The zero-order valence-corrected chi connectivity index (χ0v) is 16.0. The summed E-state index contributed by atoms with van der Waals surface area (Å²) in [6.07, 6.45) is 6.37. The summed E-state index contributed by atoms with van der Waals surface area (Å²) in [6.45, 7) is 0.951. The number of benzene rings is 1. The fourth-order valence-corrected chi connectivity index (χ4v) is 3.29. The van der Waals surface area contributed by atoms with E-state index < -0.39 is 0 Å². The summed E-state index contributed by atoms with van der Waals surface area (Å²) >= 11 is 0. The van der Waals surface area contributed by atoms with Crippen molar-refractivity contribution in [3.05, 3.63) is 71.2 Å². The van der Waals surface area contributed by atoms with E-state index in [-0.39, 0.29) is 11.5 Å². The molecule has 148 valence electrons. The van der Waals surface area contributed by atoms with Gasteiger partial charge < -0.3 is 5.32 Å². The van der Waals surface area contributed by atoms with Gasteiger partial charge in [-0.3, -0.25) is 18.6 Å². The van der Waals surface area contributed by atoms with E-state index in [1.165, 1.54) is 0 Å². The van der Waals surface area contributed by atoms with Crippen molar-refractivity contribution in [2.75, 3.05) is 0 Å². The first-order chi connectivity index (χ1) is 14.2. The van der Waals surface area contributed by atoms with E-state index in [1.807, 2.05) is 47.0 Å². The number of rotatable bonds is 8. The number of unbranched alkanes of at least 4 members (excludes halogenated alkanes) is 2. The molecule has 0 saturated heterocycles. The molecule has 3 aromatic heterocycles. The predicted molar refractivity (Wildman–Crippen MR) is 109 cm³/mol. The molecule has 1 amide bonds. The zero-order chi connectivity index (χ0) is 20.1. The monoisotopic (exact) mass is 390 g/mol. The minimum atomic E-state index is -0.0196. The van der Waals surface area contributed by atoms with Crippen molar-refractivity contribution in [3.63, 3.8) is 0 Å². The van der Waals surface area contributed by atoms with Crippen LogP contribution < -0.4 is 10.9 Å².